The summed E-state index contributed by atoms with van der Waals surface area (Å²) in [7, 11) is 0. The third-order valence-electron chi connectivity index (χ3n) is 3.68. The topological polar surface area (TPSA) is 79.9 Å². The first kappa shape index (κ1) is 18.0. The number of benzene rings is 1. The van der Waals surface area contributed by atoms with Crippen molar-refractivity contribution >= 4 is 11.0 Å². The fourth-order valence-electron chi connectivity index (χ4n) is 2.26. The van der Waals surface area contributed by atoms with E-state index < -0.39 is 17.8 Å². The van der Waals surface area contributed by atoms with Gasteiger partial charge < -0.3 is 19.4 Å². The standard InChI is InChI=1S/C19H22O5/c1-12(2)19(22)16(20)10-13(3)8-9-23-15-6-4-14-5-7-18(21)24-17(14)11-15/h4-8,11,16,19-20,22H,1,9-10H2,2-3H3/b13-8+/t16-,19-/m0/s1. The van der Waals surface area contributed by atoms with E-state index in [2.05, 4.69) is 6.58 Å². The second-order valence-corrected chi connectivity index (χ2v) is 5.88. The van der Waals surface area contributed by atoms with E-state index in [0.717, 1.165) is 11.0 Å². The molecule has 0 unspecified atom stereocenters. The van der Waals surface area contributed by atoms with E-state index >= 15 is 0 Å². The molecular formula is C19H22O5. The lowest BCUT2D eigenvalue weighted by Gasteiger charge is -2.18. The average Bonchev–Trinajstić information content (AvgIpc) is 2.53. The molecule has 0 radical (unpaired) electrons. The van der Waals surface area contributed by atoms with Crippen LogP contribution in [-0.2, 0) is 0 Å². The first-order valence-electron chi connectivity index (χ1n) is 7.70. The van der Waals surface area contributed by atoms with Crippen LogP contribution in [0.2, 0.25) is 0 Å². The highest BCUT2D eigenvalue weighted by Gasteiger charge is 2.16. The smallest absolute Gasteiger partial charge is 0.336 e. The van der Waals surface area contributed by atoms with Crippen molar-refractivity contribution in [2.45, 2.75) is 32.5 Å². The molecule has 2 atom stereocenters. The van der Waals surface area contributed by atoms with Gasteiger partial charge in [0, 0.05) is 17.5 Å². The molecule has 0 amide bonds. The number of rotatable bonds is 7. The predicted molar refractivity (Wildman–Crippen MR) is 93.2 cm³/mol. The molecule has 2 rings (SSSR count). The van der Waals surface area contributed by atoms with Gasteiger partial charge >= 0.3 is 5.63 Å². The van der Waals surface area contributed by atoms with Gasteiger partial charge in [-0.3, -0.25) is 0 Å². The van der Waals surface area contributed by atoms with Crippen LogP contribution in [0, 0.1) is 0 Å². The number of hydrogen-bond acceptors (Lipinski definition) is 5. The van der Waals surface area contributed by atoms with Crippen LogP contribution in [0.4, 0.5) is 0 Å². The molecule has 0 aliphatic heterocycles. The van der Waals surface area contributed by atoms with Gasteiger partial charge in [-0.1, -0.05) is 12.2 Å². The largest absolute Gasteiger partial charge is 0.489 e. The van der Waals surface area contributed by atoms with Crippen LogP contribution in [0.1, 0.15) is 20.3 Å². The van der Waals surface area contributed by atoms with Gasteiger partial charge in [0.25, 0.3) is 0 Å². The molecule has 0 bridgehead atoms. The van der Waals surface area contributed by atoms with Gasteiger partial charge in [-0.05, 0) is 50.1 Å². The third-order valence-corrected chi connectivity index (χ3v) is 3.68. The Morgan fingerprint density at radius 2 is 2.00 bits per heavy atom. The van der Waals surface area contributed by atoms with E-state index in [1.54, 1.807) is 25.1 Å². The van der Waals surface area contributed by atoms with Crippen LogP contribution < -0.4 is 10.4 Å². The Balaban J connectivity index is 1.95. The molecule has 0 fully saturated rings. The van der Waals surface area contributed by atoms with E-state index in [4.69, 9.17) is 9.15 Å². The molecule has 0 saturated heterocycles. The van der Waals surface area contributed by atoms with E-state index in [1.165, 1.54) is 6.07 Å². The molecule has 0 saturated carbocycles. The molecule has 1 aromatic heterocycles. The van der Waals surface area contributed by atoms with Gasteiger partial charge in [0.1, 0.15) is 24.0 Å². The van der Waals surface area contributed by atoms with Gasteiger partial charge in [0.05, 0.1) is 6.10 Å². The first-order chi connectivity index (χ1) is 11.4. The molecule has 0 aliphatic rings. The maximum Gasteiger partial charge on any atom is 0.336 e. The molecule has 1 aromatic carbocycles. The van der Waals surface area contributed by atoms with Gasteiger partial charge in [-0.15, -0.1) is 0 Å². The molecule has 128 valence electrons. The van der Waals surface area contributed by atoms with Gasteiger partial charge in [0.15, 0.2) is 0 Å². The zero-order valence-electron chi connectivity index (χ0n) is 13.9. The lowest BCUT2D eigenvalue weighted by molar-refractivity contribution is 0.0427. The predicted octanol–water partition coefficient (Wildman–Crippen LogP) is 2.81. The quantitative estimate of drug-likeness (QED) is 0.603. The van der Waals surface area contributed by atoms with E-state index in [0.29, 0.717) is 29.9 Å². The molecule has 0 spiro atoms. The monoisotopic (exact) mass is 330 g/mol. The Bertz CT molecular complexity index is 803. The highest BCUT2D eigenvalue weighted by atomic mass is 16.5. The maximum absolute atomic E-state index is 11.2. The van der Waals surface area contributed by atoms with Crippen molar-refractivity contribution in [3.05, 3.63) is 64.6 Å². The van der Waals surface area contributed by atoms with Crippen molar-refractivity contribution in [2.75, 3.05) is 6.61 Å². The van der Waals surface area contributed by atoms with Crippen molar-refractivity contribution < 1.29 is 19.4 Å². The molecular weight excluding hydrogens is 308 g/mol. The average molecular weight is 330 g/mol. The molecule has 2 aromatic rings. The highest BCUT2D eigenvalue weighted by molar-refractivity contribution is 5.77. The van der Waals surface area contributed by atoms with Crippen molar-refractivity contribution in [2.24, 2.45) is 0 Å². The van der Waals surface area contributed by atoms with Crippen LogP contribution >= 0.6 is 0 Å². The number of fused-ring (bicyclic) bond motifs is 1. The molecule has 0 aliphatic carbocycles. The van der Waals surface area contributed by atoms with E-state index in [1.807, 2.05) is 19.1 Å². The normalized spacial score (nSPS) is 14.4. The van der Waals surface area contributed by atoms with Crippen LogP contribution in [-0.4, -0.2) is 29.0 Å². The minimum atomic E-state index is -0.933. The Hall–Kier alpha value is -2.37. The Morgan fingerprint density at radius 1 is 1.29 bits per heavy atom. The summed E-state index contributed by atoms with van der Waals surface area (Å²) >= 11 is 0. The Morgan fingerprint density at radius 3 is 2.71 bits per heavy atom. The van der Waals surface area contributed by atoms with Crippen molar-refractivity contribution in [1.82, 2.24) is 0 Å². The van der Waals surface area contributed by atoms with E-state index in [9.17, 15) is 15.0 Å². The maximum atomic E-state index is 11.2. The van der Waals surface area contributed by atoms with E-state index in [-0.39, 0.29) is 0 Å². The van der Waals surface area contributed by atoms with Crippen molar-refractivity contribution in [3.63, 3.8) is 0 Å². The van der Waals surface area contributed by atoms with Crippen LogP contribution in [0.5, 0.6) is 5.75 Å². The summed E-state index contributed by atoms with van der Waals surface area (Å²) in [5, 5.41) is 20.4. The Labute approximate surface area is 140 Å². The van der Waals surface area contributed by atoms with Gasteiger partial charge in [-0.25, -0.2) is 4.79 Å². The number of aliphatic hydroxyl groups is 2. The summed E-state index contributed by atoms with van der Waals surface area (Å²) < 4.78 is 10.7. The Kier molecular flexibility index (Phi) is 5.95. The first-order valence-corrected chi connectivity index (χ1v) is 7.70. The van der Waals surface area contributed by atoms with Crippen LogP contribution in [0.15, 0.2) is 63.3 Å². The summed E-state index contributed by atoms with van der Waals surface area (Å²) in [4.78, 5) is 11.2. The second kappa shape index (κ2) is 7.95. The van der Waals surface area contributed by atoms with Crippen molar-refractivity contribution in [1.29, 1.82) is 0 Å². The SMILES string of the molecule is C=C(C)[C@H](O)[C@@H](O)C/C(C)=C/COc1ccc2ccc(=O)oc2c1. The molecule has 2 N–H and O–H groups in total. The molecule has 5 heteroatoms. The summed E-state index contributed by atoms with van der Waals surface area (Å²) in [6, 6.07) is 8.35. The fraction of sp³-hybridized carbons (Fsp3) is 0.316. The zero-order chi connectivity index (χ0) is 17.7. The minimum absolute atomic E-state index is 0.310. The van der Waals surface area contributed by atoms with Gasteiger partial charge in [-0.2, -0.15) is 0 Å². The second-order valence-electron chi connectivity index (χ2n) is 5.88. The fourth-order valence-corrected chi connectivity index (χ4v) is 2.26. The lowest BCUT2D eigenvalue weighted by atomic mass is 10.0. The summed E-state index contributed by atoms with van der Waals surface area (Å²) in [5.74, 6) is 0.586. The molecule has 5 nitrogen and oxygen atoms in total. The number of aliphatic hydroxyl groups excluding tert-OH is 2. The number of hydrogen-bond donors (Lipinski definition) is 2. The lowest BCUT2D eigenvalue weighted by Crippen LogP contribution is -2.26. The molecule has 1 heterocycles. The van der Waals surface area contributed by atoms with Crippen LogP contribution in [0.25, 0.3) is 11.0 Å². The number of ether oxygens (including phenoxy) is 1. The summed E-state index contributed by atoms with van der Waals surface area (Å²) in [6.45, 7) is 7.47. The summed E-state index contributed by atoms with van der Waals surface area (Å²) in [6.07, 6.45) is 0.357. The van der Waals surface area contributed by atoms with Crippen LogP contribution in [0.3, 0.4) is 0 Å². The third kappa shape index (κ3) is 4.81. The van der Waals surface area contributed by atoms with Crippen molar-refractivity contribution in [3.8, 4) is 5.75 Å². The zero-order valence-corrected chi connectivity index (χ0v) is 13.9. The summed E-state index contributed by atoms with van der Waals surface area (Å²) in [5.41, 5.74) is 1.50. The highest BCUT2D eigenvalue weighted by Crippen LogP contribution is 2.19. The minimum Gasteiger partial charge on any atom is -0.489 e. The molecule has 24 heavy (non-hydrogen) atoms. The van der Waals surface area contributed by atoms with Gasteiger partial charge in [0.2, 0.25) is 0 Å².